The first-order chi connectivity index (χ1) is 12.3. The average Bonchev–Trinajstić information content (AvgIpc) is 2.51. The molecule has 162 valence electrons. The van der Waals surface area contributed by atoms with Crippen LogP contribution in [0, 0.1) is 0 Å². The number of hydrogen-bond donors (Lipinski definition) is 0. The van der Waals surface area contributed by atoms with Gasteiger partial charge in [-0.2, -0.15) is 30.7 Å². The molecule has 0 radical (unpaired) electrons. The van der Waals surface area contributed by atoms with Crippen molar-refractivity contribution in [2.24, 2.45) is 0 Å². The van der Waals surface area contributed by atoms with Crippen LogP contribution in [-0.4, -0.2) is 30.3 Å². The monoisotopic (exact) mass is 414 g/mol. The average molecular weight is 414 g/mol. The molecule has 0 spiro atoms. The van der Waals surface area contributed by atoms with Gasteiger partial charge in [-0.15, -0.1) is 0 Å². The fraction of sp³-hybridized carbons (Fsp3) is 0.941. The molecule has 0 amide bonds. The van der Waals surface area contributed by atoms with Crippen LogP contribution in [0.15, 0.2) is 0 Å². The molecule has 1 unspecified atom stereocenters. The number of rotatable bonds is 14. The SMILES string of the molecule is CCCCCCCCCCCC(=O)OC(F)(F)C(F)(F)C(F)CC(F)(F)F. The molecule has 0 saturated carbocycles. The van der Waals surface area contributed by atoms with Crippen molar-refractivity contribution in [2.45, 2.75) is 102 Å². The molecule has 10 heteroatoms. The van der Waals surface area contributed by atoms with Crippen LogP contribution in [0.2, 0.25) is 0 Å². The van der Waals surface area contributed by atoms with Gasteiger partial charge in [0, 0.05) is 6.42 Å². The number of alkyl halides is 8. The van der Waals surface area contributed by atoms with Gasteiger partial charge in [-0.1, -0.05) is 58.3 Å². The maximum absolute atomic E-state index is 13.3. The molecule has 0 aliphatic rings. The molecule has 2 nitrogen and oxygen atoms in total. The van der Waals surface area contributed by atoms with Gasteiger partial charge in [-0.25, -0.2) is 4.39 Å². The van der Waals surface area contributed by atoms with E-state index in [1.807, 2.05) is 0 Å². The van der Waals surface area contributed by atoms with Crippen molar-refractivity contribution in [3.05, 3.63) is 0 Å². The van der Waals surface area contributed by atoms with Crippen LogP contribution in [0.1, 0.15) is 77.6 Å². The minimum atomic E-state index is -5.78. The number of esters is 1. The Bertz CT molecular complexity index is 424. The number of carbonyl (C=O) groups is 1. The highest BCUT2D eigenvalue weighted by Gasteiger charge is 2.66. The van der Waals surface area contributed by atoms with E-state index in [4.69, 9.17) is 0 Å². The standard InChI is InChI=1S/C17H26F8O2/c1-2-3-4-5-6-7-8-9-10-11-14(26)27-17(24,25)16(22,23)13(18)12-15(19,20)21/h13H,2-12H2,1H3. The highest BCUT2D eigenvalue weighted by atomic mass is 19.4. The van der Waals surface area contributed by atoms with Crippen LogP contribution in [0.3, 0.4) is 0 Å². The summed E-state index contributed by atoms with van der Waals surface area (Å²) in [5, 5.41) is 0. The second-order valence-electron chi connectivity index (χ2n) is 6.48. The topological polar surface area (TPSA) is 26.3 Å². The Hall–Kier alpha value is -1.09. The van der Waals surface area contributed by atoms with Crippen molar-refractivity contribution in [1.29, 1.82) is 0 Å². The first-order valence-electron chi connectivity index (χ1n) is 9.01. The Kier molecular flexibility index (Phi) is 11.2. The lowest BCUT2D eigenvalue weighted by molar-refractivity contribution is -0.351. The molecular weight excluding hydrogens is 388 g/mol. The predicted octanol–water partition coefficient (Wildman–Crippen LogP) is 6.97. The Balaban J connectivity index is 4.20. The zero-order chi connectivity index (χ0) is 21.1. The minimum Gasteiger partial charge on any atom is -0.396 e. The van der Waals surface area contributed by atoms with Gasteiger partial charge in [0.05, 0.1) is 6.42 Å². The van der Waals surface area contributed by atoms with Gasteiger partial charge in [-0.05, 0) is 6.42 Å². The first kappa shape index (κ1) is 25.9. The number of ether oxygens (including phenoxy) is 1. The summed E-state index contributed by atoms with van der Waals surface area (Å²) >= 11 is 0. The van der Waals surface area contributed by atoms with Gasteiger partial charge in [0.15, 0.2) is 6.17 Å². The lowest BCUT2D eigenvalue weighted by Gasteiger charge is -2.28. The zero-order valence-electron chi connectivity index (χ0n) is 15.2. The van der Waals surface area contributed by atoms with Crippen LogP contribution < -0.4 is 0 Å². The Morgan fingerprint density at radius 3 is 1.70 bits per heavy atom. The van der Waals surface area contributed by atoms with Gasteiger partial charge in [0.1, 0.15) is 0 Å². The number of carbonyl (C=O) groups excluding carboxylic acids is 1. The molecule has 27 heavy (non-hydrogen) atoms. The summed E-state index contributed by atoms with van der Waals surface area (Å²) in [6.07, 6.45) is -11.0. The third-order valence-corrected chi connectivity index (χ3v) is 3.92. The molecule has 1 atom stereocenters. The second kappa shape index (κ2) is 11.7. The zero-order valence-corrected chi connectivity index (χ0v) is 15.2. The highest BCUT2D eigenvalue weighted by Crippen LogP contribution is 2.43. The van der Waals surface area contributed by atoms with E-state index >= 15 is 0 Å². The molecule has 0 aliphatic heterocycles. The molecular formula is C17H26F8O2. The molecule has 0 aromatic rings. The van der Waals surface area contributed by atoms with Crippen molar-refractivity contribution in [3.63, 3.8) is 0 Å². The Labute approximate surface area is 153 Å². The van der Waals surface area contributed by atoms with E-state index in [0.717, 1.165) is 44.9 Å². The smallest absolute Gasteiger partial charge is 0.396 e. The van der Waals surface area contributed by atoms with Gasteiger partial charge >= 0.3 is 24.2 Å². The highest BCUT2D eigenvalue weighted by molar-refractivity contribution is 5.69. The van der Waals surface area contributed by atoms with Crippen molar-refractivity contribution >= 4 is 5.97 Å². The van der Waals surface area contributed by atoms with E-state index in [-0.39, 0.29) is 6.42 Å². The van der Waals surface area contributed by atoms with E-state index in [9.17, 15) is 39.9 Å². The molecule has 0 rings (SSSR count). The molecule has 0 bridgehead atoms. The van der Waals surface area contributed by atoms with Crippen molar-refractivity contribution in [1.82, 2.24) is 0 Å². The van der Waals surface area contributed by atoms with Gasteiger partial charge in [0.25, 0.3) is 0 Å². The summed E-state index contributed by atoms with van der Waals surface area (Å²) in [5.41, 5.74) is 0. The van der Waals surface area contributed by atoms with Crippen molar-refractivity contribution in [2.75, 3.05) is 0 Å². The molecule has 0 aliphatic carbocycles. The predicted molar refractivity (Wildman–Crippen MR) is 83.4 cm³/mol. The minimum absolute atomic E-state index is 0.108. The van der Waals surface area contributed by atoms with Crippen molar-refractivity contribution in [3.8, 4) is 0 Å². The molecule has 0 saturated heterocycles. The van der Waals surface area contributed by atoms with E-state index in [2.05, 4.69) is 11.7 Å². The number of hydrogen-bond acceptors (Lipinski definition) is 2. The maximum Gasteiger partial charge on any atom is 0.469 e. The van der Waals surface area contributed by atoms with Crippen LogP contribution in [-0.2, 0) is 9.53 Å². The van der Waals surface area contributed by atoms with E-state index in [0.29, 0.717) is 6.42 Å². The van der Waals surface area contributed by atoms with Crippen molar-refractivity contribution < 1.29 is 44.7 Å². The van der Waals surface area contributed by atoms with Crippen LogP contribution in [0.25, 0.3) is 0 Å². The summed E-state index contributed by atoms with van der Waals surface area (Å²) in [6, 6.07) is 0. The van der Waals surface area contributed by atoms with Gasteiger partial charge in [0.2, 0.25) is 0 Å². The molecule has 0 aromatic heterocycles. The fourth-order valence-corrected chi connectivity index (χ4v) is 2.36. The Morgan fingerprint density at radius 2 is 1.26 bits per heavy atom. The molecule has 0 aromatic carbocycles. The molecule has 0 heterocycles. The van der Waals surface area contributed by atoms with E-state index in [1.165, 1.54) is 0 Å². The normalized spacial score (nSPS) is 14.3. The van der Waals surface area contributed by atoms with Gasteiger partial charge < -0.3 is 4.74 Å². The lowest BCUT2D eigenvalue weighted by Crippen LogP contribution is -2.51. The third kappa shape index (κ3) is 10.7. The molecule has 0 fully saturated rings. The van der Waals surface area contributed by atoms with Gasteiger partial charge in [-0.3, -0.25) is 4.79 Å². The van der Waals surface area contributed by atoms with Crippen LogP contribution in [0.4, 0.5) is 35.1 Å². The summed E-state index contributed by atoms with van der Waals surface area (Å²) in [5.74, 6) is -7.49. The van der Waals surface area contributed by atoms with Crippen LogP contribution in [0.5, 0.6) is 0 Å². The van der Waals surface area contributed by atoms with E-state index in [1.54, 1.807) is 0 Å². The lowest BCUT2D eigenvalue weighted by atomic mass is 10.1. The quantitative estimate of drug-likeness (QED) is 0.174. The summed E-state index contributed by atoms with van der Waals surface area (Å²) in [4.78, 5) is 11.2. The summed E-state index contributed by atoms with van der Waals surface area (Å²) in [6.45, 7) is 2.09. The Morgan fingerprint density at radius 1 is 0.815 bits per heavy atom. The second-order valence-corrected chi connectivity index (χ2v) is 6.48. The third-order valence-electron chi connectivity index (χ3n) is 3.92. The maximum atomic E-state index is 13.3. The molecule has 0 N–H and O–H groups in total. The summed E-state index contributed by atoms with van der Waals surface area (Å²) in [7, 11) is 0. The fourth-order valence-electron chi connectivity index (χ4n) is 2.36. The number of unbranched alkanes of at least 4 members (excludes halogenated alkanes) is 8. The largest absolute Gasteiger partial charge is 0.469 e. The van der Waals surface area contributed by atoms with Crippen LogP contribution >= 0.6 is 0 Å². The first-order valence-corrected chi connectivity index (χ1v) is 9.01. The van der Waals surface area contributed by atoms with E-state index < -0.39 is 43.2 Å². The number of halogens is 8. The summed E-state index contributed by atoms with van der Waals surface area (Å²) < 4.78 is 105.